The van der Waals surface area contributed by atoms with Crippen LogP contribution in [0.4, 0.5) is 0 Å². The van der Waals surface area contributed by atoms with E-state index in [0.29, 0.717) is 13.1 Å². The maximum Gasteiger partial charge on any atom is 0.214 e. The second kappa shape index (κ2) is 5.16. The third-order valence-corrected chi connectivity index (χ3v) is 4.98. The number of hydrogen-bond acceptors (Lipinski definition) is 3. The van der Waals surface area contributed by atoms with Crippen molar-refractivity contribution in [2.24, 2.45) is 0 Å². The number of piperazine rings is 1. The second-order valence-corrected chi connectivity index (χ2v) is 6.35. The van der Waals surface area contributed by atoms with Crippen molar-refractivity contribution < 1.29 is 8.42 Å². The number of nitrogens with zero attached hydrogens (tertiary/aromatic N) is 1. The van der Waals surface area contributed by atoms with Crippen LogP contribution in [0, 0.1) is 0 Å². The van der Waals surface area contributed by atoms with Crippen LogP contribution in [0.15, 0.2) is 30.3 Å². The smallest absolute Gasteiger partial charge is 0.214 e. The van der Waals surface area contributed by atoms with Gasteiger partial charge in [-0.25, -0.2) is 8.42 Å². The van der Waals surface area contributed by atoms with Gasteiger partial charge in [-0.15, -0.1) is 0 Å². The molecule has 0 radical (unpaired) electrons. The van der Waals surface area contributed by atoms with E-state index in [0.717, 1.165) is 12.1 Å². The molecule has 0 aliphatic carbocycles. The summed E-state index contributed by atoms with van der Waals surface area (Å²) in [4.78, 5) is 0. The third-order valence-electron chi connectivity index (χ3n) is 3.10. The molecular weight excluding hydrogens is 236 g/mol. The van der Waals surface area contributed by atoms with E-state index < -0.39 is 10.0 Å². The Balaban J connectivity index is 2.31. The van der Waals surface area contributed by atoms with Gasteiger partial charge >= 0.3 is 0 Å². The summed E-state index contributed by atoms with van der Waals surface area (Å²) in [5, 5.41) is 3.25. The number of hydrogen-bond donors (Lipinski definition) is 1. The first kappa shape index (κ1) is 12.5. The minimum atomic E-state index is -3.13. The molecule has 0 saturated carbocycles. The fraction of sp³-hybridized carbons (Fsp3) is 0.500. The van der Waals surface area contributed by atoms with E-state index in [1.165, 1.54) is 0 Å². The van der Waals surface area contributed by atoms with E-state index in [9.17, 15) is 8.42 Å². The minimum absolute atomic E-state index is 0.0742. The van der Waals surface area contributed by atoms with Crippen LogP contribution in [0.25, 0.3) is 0 Å². The van der Waals surface area contributed by atoms with Crippen LogP contribution in [0.3, 0.4) is 0 Å². The highest BCUT2D eigenvalue weighted by molar-refractivity contribution is 7.89. The molecule has 1 heterocycles. The van der Waals surface area contributed by atoms with Gasteiger partial charge in [0.15, 0.2) is 0 Å². The monoisotopic (exact) mass is 254 g/mol. The fourth-order valence-corrected chi connectivity index (χ4v) is 3.43. The quantitative estimate of drug-likeness (QED) is 0.875. The Labute approximate surface area is 103 Å². The van der Waals surface area contributed by atoms with Gasteiger partial charge in [0.05, 0.1) is 11.8 Å². The maximum atomic E-state index is 12.0. The standard InChI is InChI=1S/C12H18N2O2S/c1-2-17(15,16)14-9-8-13-10-12(14)11-6-4-3-5-7-11/h3-7,12-13H,2,8-10H2,1H3/t12-/m0/s1. The van der Waals surface area contributed by atoms with Gasteiger partial charge in [-0.05, 0) is 12.5 Å². The van der Waals surface area contributed by atoms with Crippen molar-refractivity contribution >= 4 is 10.0 Å². The number of sulfonamides is 1. The Morgan fingerprint density at radius 1 is 1.35 bits per heavy atom. The van der Waals surface area contributed by atoms with Gasteiger partial charge in [0.1, 0.15) is 0 Å². The van der Waals surface area contributed by atoms with Crippen molar-refractivity contribution in [2.75, 3.05) is 25.4 Å². The minimum Gasteiger partial charge on any atom is -0.313 e. The van der Waals surface area contributed by atoms with Crippen LogP contribution in [0.5, 0.6) is 0 Å². The summed E-state index contributed by atoms with van der Waals surface area (Å²) in [5.74, 6) is 0.163. The Hall–Kier alpha value is -0.910. The van der Waals surface area contributed by atoms with Crippen LogP contribution in [-0.2, 0) is 10.0 Å². The Kier molecular flexibility index (Phi) is 3.81. The van der Waals surface area contributed by atoms with Gasteiger partial charge in [-0.2, -0.15) is 4.31 Å². The molecular formula is C12H18N2O2S. The molecule has 0 aromatic heterocycles. The Bertz CT molecular complexity index is 459. The van der Waals surface area contributed by atoms with Crippen molar-refractivity contribution in [1.82, 2.24) is 9.62 Å². The van der Waals surface area contributed by atoms with Crippen molar-refractivity contribution in [2.45, 2.75) is 13.0 Å². The predicted octanol–water partition coefficient (Wildman–Crippen LogP) is 0.983. The summed E-state index contributed by atoms with van der Waals surface area (Å²) in [5.41, 5.74) is 1.05. The summed E-state index contributed by atoms with van der Waals surface area (Å²) in [6.45, 7) is 3.65. The summed E-state index contributed by atoms with van der Waals surface area (Å²) < 4.78 is 25.7. The summed E-state index contributed by atoms with van der Waals surface area (Å²) in [7, 11) is -3.13. The van der Waals surface area contributed by atoms with Crippen LogP contribution < -0.4 is 5.32 Å². The molecule has 1 aliphatic heterocycles. The molecule has 0 spiro atoms. The normalized spacial score (nSPS) is 22.5. The van der Waals surface area contributed by atoms with Crippen molar-refractivity contribution in [3.63, 3.8) is 0 Å². The zero-order valence-electron chi connectivity index (χ0n) is 9.96. The van der Waals surface area contributed by atoms with Gasteiger partial charge in [0.25, 0.3) is 0 Å². The molecule has 1 aliphatic rings. The van der Waals surface area contributed by atoms with Crippen molar-refractivity contribution in [3.05, 3.63) is 35.9 Å². The van der Waals surface area contributed by atoms with Gasteiger partial charge < -0.3 is 5.32 Å². The fourth-order valence-electron chi connectivity index (χ4n) is 2.14. The maximum absolute atomic E-state index is 12.0. The lowest BCUT2D eigenvalue weighted by molar-refractivity contribution is 0.272. The van der Waals surface area contributed by atoms with E-state index in [4.69, 9.17) is 0 Å². The number of rotatable bonds is 3. The molecule has 1 saturated heterocycles. The predicted molar refractivity (Wildman–Crippen MR) is 68.2 cm³/mol. The molecule has 0 bridgehead atoms. The third kappa shape index (κ3) is 2.68. The average Bonchev–Trinajstić information content (AvgIpc) is 2.40. The molecule has 1 fully saturated rings. The average molecular weight is 254 g/mol. The molecule has 4 nitrogen and oxygen atoms in total. The van der Waals surface area contributed by atoms with Gasteiger partial charge in [0.2, 0.25) is 10.0 Å². The highest BCUT2D eigenvalue weighted by Gasteiger charge is 2.31. The zero-order chi connectivity index (χ0) is 12.3. The highest BCUT2D eigenvalue weighted by Crippen LogP contribution is 2.24. The molecule has 1 aromatic carbocycles. The molecule has 94 valence electrons. The first-order valence-corrected chi connectivity index (χ1v) is 7.51. The second-order valence-electron chi connectivity index (χ2n) is 4.14. The van der Waals surface area contributed by atoms with Gasteiger partial charge in [0, 0.05) is 19.6 Å². The van der Waals surface area contributed by atoms with Gasteiger partial charge in [-0.1, -0.05) is 30.3 Å². The van der Waals surface area contributed by atoms with Crippen LogP contribution in [0.1, 0.15) is 18.5 Å². The SMILES string of the molecule is CCS(=O)(=O)N1CCNC[C@H]1c1ccccc1. The number of benzene rings is 1. The highest BCUT2D eigenvalue weighted by atomic mass is 32.2. The first-order valence-electron chi connectivity index (χ1n) is 5.90. The lowest BCUT2D eigenvalue weighted by atomic mass is 10.1. The van der Waals surface area contributed by atoms with Crippen LogP contribution in [0.2, 0.25) is 0 Å². The Morgan fingerprint density at radius 3 is 2.71 bits per heavy atom. The van der Waals surface area contributed by atoms with Crippen LogP contribution in [-0.4, -0.2) is 38.1 Å². The molecule has 0 unspecified atom stereocenters. The molecule has 1 aromatic rings. The molecule has 1 atom stereocenters. The molecule has 1 N–H and O–H groups in total. The molecule has 17 heavy (non-hydrogen) atoms. The topological polar surface area (TPSA) is 49.4 Å². The lowest BCUT2D eigenvalue weighted by Gasteiger charge is -2.35. The summed E-state index contributed by atoms with van der Waals surface area (Å²) >= 11 is 0. The van der Waals surface area contributed by atoms with E-state index in [1.54, 1.807) is 11.2 Å². The van der Waals surface area contributed by atoms with Gasteiger partial charge in [-0.3, -0.25) is 0 Å². The number of nitrogens with one attached hydrogen (secondary N) is 1. The van der Waals surface area contributed by atoms with Crippen molar-refractivity contribution in [3.8, 4) is 0 Å². The first-order chi connectivity index (χ1) is 8.15. The van der Waals surface area contributed by atoms with E-state index in [2.05, 4.69) is 5.32 Å². The zero-order valence-corrected chi connectivity index (χ0v) is 10.8. The molecule has 5 heteroatoms. The van der Waals surface area contributed by atoms with E-state index >= 15 is 0 Å². The van der Waals surface area contributed by atoms with E-state index in [1.807, 2.05) is 30.3 Å². The van der Waals surface area contributed by atoms with Crippen LogP contribution >= 0.6 is 0 Å². The lowest BCUT2D eigenvalue weighted by Crippen LogP contribution is -2.49. The Morgan fingerprint density at radius 2 is 2.06 bits per heavy atom. The van der Waals surface area contributed by atoms with E-state index in [-0.39, 0.29) is 11.8 Å². The van der Waals surface area contributed by atoms with Crippen molar-refractivity contribution in [1.29, 1.82) is 0 Å². The summed E-state index contributed by atoms with van der Waals surface area (Å²) in [6, 6.07) is 9.72. The largest absolute Gasteiger partial charge is 0.313 e. The summed E-state index contributed by atoms with van der Waals surface area (Å²) in [6.07, 6.45) is 0. The molecule has 0 amide bonds. The molecule has 2 rings (SSSR count).